The van der Waals surface area contributed by atoms with Crippen molar-refractivity contribution in [2.45, 2.75) is 58.7 Å². The summed E-state index contributed by atoms with van der Waals surface area (Å²) in [5, 5.41) is 20.5. The van der Waals surface area contributed by atoms with Crippen LogP contribution in [0.3, 0.4) is 0 Å². The Labute approximate surface area is 209 Å². The van der Waals surface area contributed by atoms with E-state index in [0.29, 0.717) is 30.2 Å². The van der Waals surface area contributed by atoms with Crippen molar-refractivity contribution in [3.05, 3.63) is 57.3 Å². The number of hydrogen-bond donors (Lipinski definition) is 1. The second kappa shape index (κ2) is 12.0. The first-order chi connectivity index (χ1) is 17.1. The molecule has 1 aliphatic rings. The molecule has 1 N–H and O–H groups in total. The maximum absolute atomic E-state index is 13.9. The highest BCUT2D eigenvalue weighted by Gasteiger charge is 2.25. The Morgan fingerprint density at radius 3 is 2.58 bits per heavy atom. The van der Waals surface area contributed by atoms with E-state index < -0.39 is 17.5 Å². The standard InChI is InChI=1S/C25H34FN5O5/c1-16(2)36-28-17(3)20-14-19(15-22(32)21-13-18(26)9-10-23(21)35-5)27-31(24(20)33)29(4)25(34)30-11-7-6-8-12-30/h9-10,13-14,16,22,32H,6-8,11-12,15H2,1-5H3/b28-17+. The van der Waals surface area contributed by atoms with Crippen LogP contribution in [0.25, 0.3) is 0 Å². The predicted octanol–water partition coefficient (Wildman–Crippen LogP) is 2.99. The molecular weight excluding hydrogens is 469 g/mol. The lowest BCUT2D eigenvalue weighted by Crippen LogP contribution is -2.53. The topological polar surface area (TPSA) is 109 Å². The lowest BCUT2D eigenvalue weighted by Gasteiger charge is -2.31. The monoisotopic (exact) mass is 503 g/mol. The molecule has 1 atom stereocenters. The number of nitrogens with zero attached hydrogens (tertiary/aromatic N) is 5. The number of amides is 2. The summed E-state index contributed by atoms with van der Waals surface area (Å²) in [4.78, 5) is 34.4. The molecule has 0 aliphatic carbocycles. The van der Waals surface area contributed by atoms with Crippen LogP contribution in [0.4, 0.5) is 9.18 Å². The maximum Gasteiger partial charge on any atom is 0.340 e. The fraction of sp³-hybridized carbons (Fsp3) is 0.520. The van der Waals surface area contributed by atoms with E-state index in [1.165, 1.54) is 38.4 Å². The third-order valence-corrected chi connectivity index (χ3v) is 5.88. The molecule has 1 aromatic carbocycles. The number of rotatable bonds is 8. The third-order valence-electron chi connectivity index (χ3n) is 5.88. The van der Waals surface area contributed by atoms with Crippen LogP contribution in [0.2, 0.25) is 0 Å². The minimum Gasteiger partial charge on any atom is -0.496 e. The highest BCUT2D eigenvalue weighted by atomic mass is 19.1. The van der Waals surface area contributed by atoms with E-state index in [4.69, 9.17) is 9.57 Å². The summed E-state index contributed by atoms with van der Waals surface area (Å²) in [5.41, 5.74) is 0.434. The Bertz CT molecular complexity index is 1160. The number of aliphatic hydroxyl groups is 1. The SMILES string of the molecule is COc1ccc(F)cc1C(O)Cc1cc(/C(C)=N/OC(C)C)c(=O)n(N(C)C(=O)N2CCCCC2)n1. The van der Waals surface area contributed by atoms with E-state index in [1.807, 2.05) is 0 Å². The van der Waals surface area contributed by atoms with Gasteiger partial charge in [0.2, 0.25) is 0 Å². The van der Waals surface area contributed by atoms with Crippen molar-refractivity contribution in [1.29, 1.82) is 0 Å². The number of aliphatic hydroxyl groups excluding tert-OH is 1. The van der Waals surface area contributed by atoms with Crippen LogP contribution >= 0.6 is 0 Å². The second-order valence-corrected chi connectivity index (χ2v) is 9.03. The lowest BCUT2D eigenvalue weighted by atomic mass is 10.0. The van der Waals surface area contributed by atoms with Gasteiger partial charge in [0, 0.05) is 32.1 Å². The molecule has 196 valence electrons. The first-order valence-corrected chi connectivity index (χ1v) is 12.0. The fourth-order valence-electron chi connectivity index (χ4n) is 3.97. The normalized spacial score (nSPS) is 15.1. The van der Waals surface area contributed by atoms with Gasteiger partial charge in [0.15, 0.2) is 0 Å². The molecule has 1 unspecified atom stereocenters. The van der Waals surface area contributed by atoms with Crippen molar-refractivity contribution in [2.24, 2.45) is 5.16 Å². The highest BCUT2D eigenvalue weighted by molar-refractivity contribution is 5.98. The van der Waals surface area contributed by atoms with Crippen LogP contribution in [0.15, 0.2) is 34.2 Å². The number of carbonyl (C=O) groups is 1. The van der Waals surface area contributed by atoms with Gasteiger partial charge in [-0.05, 0) is 64.3 Å². The minimum absolute atomic E-state index is 0.0723. The Hall–Kier alpha value is -3.47. The van der Waals surface area contributed by atoms with Gasteiger partial charge in [-0.25, -0.2) is 14.2 Å². The molecule has 1 aliphatic heterocycles. The van der Waals surface area contributed by atoms with Crippen molar-refractivity contribution in [3.8, 4) is 5.75 Å². The first-order valence-electron chi connectivity index (χ1n) is 12.0. The van der Waals surface area contributed by atoms with Crippen LogP contribution in [0.1, 0.15) is 63.0 Å². The summed E-state index contributed by atoms with van der Waals surface area (Å²) < 4.78 is 19.1. The average Bonchev–Trinajstić information content (AvgIpc) is 2.87. The van der Waals surface area contributed by atoms with E-state index in [0.717, 1.165) is 29.1 Å². The highest BCUT2D eigenvalue weighted by Crippen LogP contribution is 2.28. The molecule has 11 heteroatoms. The van der Waals surface area contributed by atoms with Crippen LogP contribution in [0.5, 0.6) is 5.75 Å². The van der Waals surface area contributed by atoms with Crippen LogP contribution in [-0.2, 0) is 11.3 Å². The molecule has 3 rings (SSSR count). The van der Waals surface area contributed by atoms with Gasteiger partial charge in [-0.3, -0.25) is 4.79 Å². The molecule has 2 heterocycles. The Kier molecular flexibility index (Phi) is 9.03. The Morgan fingerprint density at radius 1 is 1.25 bits per heavy atom. The van der Waals surface area contributed by atoms with Gasteiger partial charge in [-0.2, -0.15) is 5.10 Å². The summed E-state index contributed by atoms with van der Waals surface area (Å²) in [6.07, 6.45) is 1.39. The van der Waals surface area contributed by atoms with Gasteiger partial charge >= 0.3 is 6.03 Å². The summed E-state index contributed by atoms with van der Waals surface area (Å²) in [6, 6.07) is 5.00. The van der Waals surface area contributed by atoms with E-state index in [1.54, 1.807) is 25.7 Å². The third kappa shape index (κ3) is 6.39. The van der Waals surface area contributed by atoms with Gasteiger partial charge in [0.05, 0.1) is 30.2 Å². The summed E-state index contributed by atoms with van der Waals surface area (Å²) in [7, 11) is 2.90. The summed E-state index contributed by atoms with van der Waals surface area (Å²) >= 11 is 0. The van der Waals surface area contributed by atoms with Gasteiger partial charge < -0.3 is 19.6 Å². The molecule has 1 saturated heterocycles. The molecule has 2 amide bonds. The van der Waals surface area contributed by atoms with Crippen LogP contribution < -0.4 is 15.3 Å². The van der Waals surface area contributed by atoms with Crippen LogP contribution in [0, 0.1) is 5.82 Å². The number of likely N-dealkylation sites (tertiary alicyclic amines) is 1. The Morgan fingerprint density at radius 2 is 1.94 bits per heavy atom. The summed E-state index contributed by atoms with van der Waals surface area (Å²) in [6.45, 7) is 6.43. The number of benzene rings is 1. The number of carbonyl (C=O) groups excluding carboxylic acids is 1. The van der Waals surface area contributed by atoms with Gasteiger partial charge in [-0.1, -0.05) is 5.16 Å². The predicted molar refractivity (Wildman–Crippen MR) is 134 cm³/mol. The average molecular weight is 504 g/mol. The number of aromatic nitrogens is 2. The van der Waals surface area contributed by atoms with Gasteiger partial charge in [-0.15, -0.1) is 4.79 Å². The van der Waals surface area contributed by atoms with Gasteiger partial charge in [0.1, 0.15) is 17.7 Å². The number of oxime groups is 1. The molecule has 0 radical (unpaired) electrons. The van der Waals surface area contributed by atoms with Crippen molar-refractivity contribution in [3.63, 3.8) is 0 Å². The second-order valence-electron chi connectivity index (χ2n) is 9.03. The van der Waals surface area contributed by atoms with Gasteiger partial charge in [0.25, 0.3) is 5.56 Å². The number of hydrogen-bond acceptors (Lipinski definition) is 7. The van der Waals surface area contributed by atoms with Crippen molar-refractivity contribution in [2.75, 3.05) is 32.3 Å². The quantitative estimate of drug-likeness (QED) is 0.438. The number of piperidine rings is 1. The van der Waals surface area contributed by atoms with E-state index >= 15 is 0 Å². The first kappa shape index (κ1) is 27.1. The van der Waals surface area contributed by atoms with Crippen molar-refractivity contribution in [1.82, 2.24) is 14.8 Å². The van der Waals surface area contributed by atoms with Crippen molar-refractivity contribution < 1.29 is 23.9 Å². The van der Waals surface area contributed by atoms with E-state index in [2.05, 4.69) is 10.3 Å². The zero-order valence-electron chi connectivity index (χ0n) is 21.4. The Balaban J connectivity index is 2.02. The summed E-state index contributed by atoms with van der Waals surface area (Å²) in [5.74, 6) is -0.206. The lowest BCUT2D eigenvalue weighted by molar-refractivity contribution is 0.0860. The molecule has 2 aromatic rings. The molecule has 1 aromatic heterocycles. The number of ether oxygens (including phenoxy) is 1. The van der Waals surface area contributed by atoms with E-state index in [9.17, 15) is 19.1 Å². The zero-order valence-corrected chi connectivity index (χ0v) is 21.4. The number of urea groups is 1. The zero-order chi connectivity index (χ0) is 26.4. The molecule has 0 bridgehead atoms. The molecule has 1 fully saturated rings. The molecule has 36 heavy (non-hydrogen) atoms. The minimum atomic E-state index is -1.19. The van der Waals surface area contributed by atoms with Crippen molar-refractivity contribution >= 4 is 11.7 Å². The number of halogens is 1. The molecule has 0 saturated carbocycles. The molecular formula is C25H34FN5O5. The van der Waals surface area contributed by atoms with E-state index in [-0.39, 0.29) is 29.7 Å². The molecule has 10 nitrogen and oxygen atoms in total. The number of methoxy groups -OCH3 is 1. The smallest absolute Gasteiger partial charge is 0.340 e. The largest absolute Gasteiger partial charge is 0.496 e. The van der Waals surface area contributed by atoms with Crippen LogP contribution in [-0.4, -0.2) is 65.0 Å². The fourth-order valence-corrected chi connectivity index (χ4v) is 3.97. The molecule has 0 spiro atoms. The maximum atomic E-state index is 13.9.